The zero-order valence-electron chi connectivity index (χ0n) is 24.2. The number of carbonyl (C=O) groups is 6. The lowest BCUT2D eigenvalue weighted by atomic mass is 9.89. The van der Waals surface area contributed by atoms with Gasteiger partial charge in [-0.1, -0.05) is 17.7 Å². The van der Waals surface area contributed by atoms with Crippen LogP contribution in [0.25, 0.3) is 0 Å². The molecular weight excluding hydrogens is 576 g/mol. The van der Waals surface area contributed by atoms with Crippen LogP contribution in [0.3, 0.4) is 0 Å². The fourth-order valence-electron chi connectivity index (χ4n) is 4.87. The number of likely N-dealkylation sites (N-methyl/N-ethyl adjacent to an activating group) is 1. The number of nitrogens with zero attached hydrogens (tertiary/aromatic N) is 2. The van der Waals surface area contributed by atoms with Crippen LogP contribution in [0.2, 0.25) is 5.02 Å². The van der Waals surface area contributed by atoms with E-state index in [-0.39, 0.29) is 43.3 Å². The summed E-state index contributed by atoms with van der Waals surface area (Å²) in [6.45, 7) is 3.52. The van der Waals surface area contributed by atoms with Crippen LogP contribution in [0, 0.1) is 6.92 Å². The number of hydrogen-bond donors (Lipinski definition) is 4. The van der Waals surface area contributed by atoms with Crippen molar-refractivity contribution in [2.24, 2.45) is 0 Å². The van der Waals surface area contributed by atoms with Crippen molar-refractivity contribution in [3.05, 3.63) is 69.9 Å². The fraction of sp³-hybridized carbons (Fsp3) is 0.333. The molecule has 1 fully saturated rings. The quantitative estimate of drug-likeness (QED) is 0.182. The second-order valence-corrected chi connectivity index (χ2v) is 11.4. The van der Waals surface area contributed by atoms with Crippen molar-refractivity contribution in [2.75, 3.05) is 37.8 Å². The number of piperidine rings is 1. The Morgan fingerprint density at radius 1 is 1.14 bits per heavy atom. The van der Waals surface area contributed by atoms with Crippen molar-refractivity contribution in [2.45, 2.75) is 38.3 Å². The topological polar surface area (TPSA) is 157 Å². The number of aldehydes is 1. The average molecular weight is 609 g/mol. The number of Topliss-reactive ketones (excluding diaryl/α,β-unsaturated/α-hetero) is 1. The summed E-state index contributed by atoms with van der Waals surface area (Å²) in [5.41, 5.74) is 0.979. The second-order valence-electron chi connectivity index (χ2n) is 10.9. The molecule has 13 heteroatoms. The van der Waals surface area contributed by atoms with Gasteiger partial charge in [-0.2, -0.15) is 0 Å². The molecular formula is C30H33ClN6O6. The molecule has 4 N–H and O–H groups in total. The van der Waals surface area contributed by atoms with Gasteiger partial charge in [0.2, 0.25) is 5.91 Å². The maximum Gasteiger partial charge on any atom is 0.319 e. The predicted molar refractivity (Wildman–Crippen MR) is 161 cm³/mol. The number of nitrogens with one attached hydrogen (secondary N) is 4. The van der Waals surface area contributed by atoms with Gasteiger partial charge >= 0.3 is 6.03 Å². The van der Waals surface area contributed by atoms with Crippen LogP contribution >= 0.6 is 11.6 Å². The molecule has 226 valence electrons. The van der Waals surface area contributed by atoms with Crippen LogP contribution < -0.4 is 21.3 Å². The number of aryl methyl sites for hydroxylation is 1. The van der Waals surface area contributed by atoms with E-state index in [2.05, 4.69) is 21.3 Å². The summed E-state index contributed by atoms with van der Waals surface area (Å²) in [6, 6.07) is 8.91. The minimum Gasteiger partial charge on any atom is -0.353 e. The number of anilines is 2. The Hall–Kier alpha value is -4.55. The highest BCUT2D eigenvalue weighted by Gasteiger charge is 2.49. The monoisotopic (exact) mass is 608 g/mol. The molecule has 12 nitrogen and oxygen atoms in total. The van der Waals surface area contributed by atoms with E-state index in [1.165, 1.54) is 0 Å². The van der Waals surface area contributed by atoms with Crippen LogP contribution in [0.4, 0.5) is 16.2 Å². The van der Waals surface area contributed by atoms with Crippen molar-refractivity contribution < 1.29 is 28.8 Å². The molecule has 2 aromatic carbocycles. The van der Waals surface area contributed by atoms with Crippen molar-refractivity contribution >= 4 is 58.8 Å². The minimum atomic E-state index is -1.50. The number of benzene rings is 2. The summed E-state index contributed by atoms with van der Waals surface area (Å²) in [4.78, 5) is 78.4. The summed E-state index contributed by atoms with van der Waals surface area (Å²) in [7, 11) is 3.51. The van der Waals surface area contributed by atoms with Crippen molar-refractivity contribution in [1.82, 2.24) is 20.4 Å². The third-order valence-corrected chi connectivity index (χ3v) is 7.66. The summed E-state index contributed by atoms with van der Waals surface area (Å²) in [5, 5.41) is 11.5. The summed E-state index contributed by atoms with van der Waals surface area (Å²) < 4.78 is 0. The number of ketones is 1. The molecule has 2 aliphatic rings. The van der Waals surface area contributed by atoms with Gasteiger partial charge in [0.25, 0.3) is 11.8 Å². The van der Waals surface area contributed by atoms with Gasteiger partial charge in [0.15, 0.2) is 5.78 Å². The summed E-state index contributed by atoms with van der Waals surface area (Å²) in [5.74, 6) is -1.90. The molecule has 0 spiro atoms. The van der Waals surface area contributed by atoms with Gasteiger partial charge in [-0.15, -0.1) is 0 Å². The van der Waals surface area contributed by atoms with E-state index in [1.807, 2.05) is 6.92 Å². The van der Waals surface area contributed by atoms with Gasteiger partial charge in [-0.3, -0.25) is 24.1 Å². The standard InChI is InChI=1S/C30H33ClN6O6/c1-17-5-6-21(12-23(17)31)35-29(43)33-18(2)19-9-20(25(39)14-36(3)4)11-22(10-19)34-24-13-27(41)37(28(24)42)30(16-38)8-7-26(40)32-15-30/h5-6,9-13,16,18,34H,7-8,14-15H2,1-4H3,(H,32,40)(H2,33,35,43). The normalized spacial score (nSPS) is 19.1. The van der Waals surface area contributed by atoms with Crippen molar-refractivity contribution in [1.29, 1.82) is 0 Å². The fourth-order valence-corrected chi connectivity index (χ4v) is 5.05. The van der Waals surface area contributed by atoms with Gasteiger partial charge in [0, 0.05) is 41.0 Å². The van der Waals surface area contributed by atoms with Gasteiger partial charge in [-0.25, -0.2) is 4.79 Å². The molecule has 0 bridgehead atoms. The lowest BCUT2D eigenvalue weighted by molar-refractivity contribution is -0.150. The first-order valence-electron chi connectivity index (χ1n) is 13.6. The number of amides is 5. The Balaban J connectivity index is 1.57. The van der Waals surface area contributed by atoms with Crippen LogP contribution in [-0.4, -0.2) is 78.3 Å². The Morgan fingerprint density at radius 3 is 2.51 bits per heavy atom. The Morgan fingerprint density at radius 2 is 1.88 bits per heavy atom. The molecule has 0 radical (unpaired) electrons. The highest BCUT2D eigenvalue weighted by molar-refractivity contribution is 6.31. The molecule has 1 saturated heterocycles. The molecule has 2 aliphatic heterocycles. The van der Waals surface area contributed by atoms with Gasteiger partial charge in [0.1, 0.15) is 17.5 Å². The van der Waals surface area contributed by atoms with Crippen LogP contribution in [-0.2, 0) is 19.2 Å². The number of urea groups is 1. The van der Waals surface area contributed by atoms with E-state index in [0.717, 1.165) is 16.5 Å². The highest BCUT2D eigenvalue weighted by atomic mass is 35.5. The largest absolute Gasteiger partial charge is 0.353 e. The number of halogens is 1. The molecule has 4 rings (SSSR count). The number of rotatable bonds is 10. The maximum absolute atomic E-state index is 13.4. The summed E-state index contributed by atoms with van der Waals surface area (Å²) in [6.07, 6.45) is 1.60. The molecule has 43 heavy (non-hydrogen) atoms. The first-order valence-corrected chi connectivity index (χ1v) is 14.0. The number of hydrogen-bond acceptors (Lipinski definition) is 8. The van der Waals surface area contributed by atoms with E-state index < -0.39 is 29.4 Å². The lowest BCUT2D eigenvalue weighted by Crippen LogP contribution is -2.62. The zero-order chi connectivity index (χ0) is 31.5. The lowest BCUT2D eigenvalue weighted by Gasteiger charge is -2.38. The third kappa shape index (κ3) is 7.09. The van der Waals surface area contributed by atoms with Crippen LogP contribution in [0.15, 0.2) is 48.2 Å². The SMILES string of the molecule is Cc1ccc(NC(=O)NC(C)c2cc(NC3=CC(=O)N(C4(C=O)CCC(=O)NC4)C3=O)cc(C(=O)CN(C)C)c2)cc1Cl. The van der Waals surface area contributed by atoms with Crippen molar-refractivity contribution in [3.8, 4) is 0 Å². The van der Waals surface area contributed by atoms with Crippen LogP contribution in [0.5, 0.6) is 0 Å². The average Bonchev–Trinajstić information content (AvgIpc) is 3.23. The Bertz CT molecular complexity index is 1530. The maximum atomic E-state index is 13.4. The molecule has 2 aromatic rings. The van der Waals surface area contributed by atoms with Gasteiger partial charge in [0.05, 0.1) is 12.6 Å². The second kappa shape index (κ2) is 12.8. The first kappa shape index (κ1) is 31.4. The van der Waals surface area contributed by atoms with E-state index in [4.69, 9.17) is 11.6 Å². The van der Waals surface area contributed by atoms with Gasteiger partial charge < -0.3 is 31.0 Å². The molecule has 0 saturated carbocycles. The minimum absolute atomic E-state index is 0.00658. The van der Waals surface area contributed by atoms with E-state index in [9.17, 15) is 28.8 Å². The molecule has 0 aromatic heterocycles. The Labute approximate surface area is 253 Å². The molecule has 2 heterocycles. The van der Waals surface area contributed by atoms with Crippen molar-refractivity contribution in [3.63, 3.8) is 0 Å². The molecule has 2 unspecified atom stereocenters. The first-order chi connectivity index (χ1) is 20.3. The molecule has 2 atom stereocenters. The van der Waals surface area contributed by atoms with E-state index in [0.29, 0.717) is 33.8 Å². The zero-order valence-corrected chi connectivity index (χ0v) is 25.0. The number of carbonyl (C=O) groups excluding carboxylic acids is 6. The third-order valence-electron chi connectivity index (χ3n) is 7.26. The van der Waals surface area contributed by atoms with Crippen LogP contribution in [0.1, 0.15) is 47.3 Å². The number of imide groups is 1. The Kier molecular flexibility index (Phi) is 9.31. The smallest absolute Gasteiger partial charge is 0.319 e. The summed E-state index contributed by atoms with van der Waals surface area (Å²) >= 11 is 6.16. The van der Waals surface area contributed by atoms with E-state index in [1.54, 1.807) is 62.3 Å². The molecule has 0 aliphatic carbocycles. The van der Waals surface area contributed by atoms with E-state index >= 15 is 0 Å². The van der Waals surface area contributed by atoms with Gasteiger partial charge in [-0.05, 0) is 75.8 Å². The highest BCUT2D eigenvalue weighted by Crippen LogP contribution is 2.30. The molecule has 5 amide bonds. The predicted octanol–water partition coefficient (Wildman–Crippen LogP) is 2.79.